The number of hydrogen-bond donors (Lipinski definition) is 3. The lowest BCUT2D eigenvalue weighted by Gasteiger charge is -2.39. The Morgan fingerprint density at radius 3 is 2.93 bits per heavy atom. The van der Waals surface area contributed by atoms with E-state index in [1.165, 1.54) is 12.8 Å². The number of hydrogen-bond acceptors (Lipinski definition) is 5. The minimum absolute atomic E-state index is 0.00306. The van der Waals surface area contributed by atoms with Crippen LogP contribution >= 0.6 is 0 Å². The molecule has 0 spiro atoms. The van der Waals surface area contributed by atoms with E-state index in [1.807, 2.05) is 18.2 Å². The quantitative estimate of drug-likeness (QED) is 0.755. The van der Waals surface area contributed by atoms with Gasteiger partial charge in [0, 0.05) is 29.6 Å². The van der Waals surface area contributed by atoms with Crippen molar-refractivity contribution in [3.05, 3.63) is 29.6 Å². The highest BCUT2D eigenvalue weighted by molar-refractivity contribution is 6.20. The zero-order valence-corrected chi connectivity index (χ0v) is 16.0. The van der Waals surface area contributed by atoms with Crippen LogP contribution in [0.4, 0.5) is 11.8 Å². The van der Waals surface area contributed by atoms with Gasteiger partial charge in [0.1, 0.15) is 5.69 Å². The number of aromatic amines is 1. The van der Waals surface area contributed by atoms with Crippen LogP contribution in [0.15, 0.2) is 23.3 Å². The topological polar surface area (TPSA) is 86.2 Å². The highest BCUT2D eigenvalue weighted by atomic mass is 16.3. The second kappa shape index (κ2) is 5.44. The van der Waals surface area contributed by atoms with Gasteiger partial charge in [-0.3, -0.25) is 0 Å². The third kappa shape index (κ3) is 2.28. The van der Waals surface area contributed by atoms with Crippen molar-refractivity contribution in [1.82, 2.24) is 15.0 Å². The van der Waals surface area contributed by atoms with Crippen molar-refractivity contribution >= 4 is 29.6 Å². The molecule has 0 saturated heterocycles. The Bertz CT molecular complexity index is 973. The highest BCUT2D eigenvalue weighted by Crippen LogP contribution is 2.65. The van der Waals surface area contributed by atoms with Crippen LogP contribution in [0, 0.1) is 16.7 Å². The summed E-state index contributed by atoms with van der Waals surface area (Å²) in [7, 11) is 0. The monoisotopic (exact) mass is 363 g/mol. The Hall–Kier alpha value is -2.63. The molecule has 2 saturated carbocycles. The third-order valence-corrected chi connectivity index (χ3v) is 7.54. The van der Waals surface area contributed by atoms with E-state index in [2.05, 4.69) is 46.0 Å². The molecule has 2 aliphatic carbocycles. The molecule has 6 heteroatoms. The molecule has 3 aliphatic rings. The first-order valence-corrected chi connectivity index (χ1v) is 9.65. The average Bonchev–Trinajstić information content (AvgIpc) is 3.30. The van der Waals surface area contributed by atoms with Gasteiger partial charge in [0.25, 0.3) is 0 Å². The molecule has 0 unspecified atom stereocenters. The van der Waals surface area contributed by atoms with E-state index in [4.69, 9.17) is 0 Å². The van der Waals surface area contributed by atoms with Gasteiger partial charge in [-0.15, -0.1) is 0 Å². The normalized spacial score (nSPS) is 31.6. The number of H-pyrrole nitrogens is 1. The van der Waals surface area contributed by atoms with Gasteiger partial charge in [0.2, 0.25) is 11.8 Å². The second-order valence-corrected chi connectivity index (χ2v) is 8.86. The lowest BCUT2D eigenvalue weighted by molar-refractivity contribution is 0.142. The summed E-state index contributed by atoms with van der Waals surface area (Å²) in [5.74, 6) is 2.10. The molecular weight excluding hydrogens is 338 g/mol. The van der Waals surface area contributed by atoms with Crippen LogP contribution < -0.4 is 5.32 Å². The molecule has 2 fully saturated rings. The first kappa shape index (κ1) is 16.5. The molecular formula is C21H25N5O. The lowest BCUT2D eigenvalue weighted by atomic mass is 9.69. The third-order valence-electron chi connectivity index (χ3n) is 7.54. The number of fused-ring (bicyclic) bond motifs is 3. The van der Waals surface area contributed by atoms with Crippen LogP contribution in [0.5, 0.6) is 5.88 Å². The molecule has 0 aromatic carbocycles. The van der Waals surface area contributed by atoms with Gasteiger partial charge in [-0.2, -0.15) is 4.98 Å². The van der Waals surface area contributed by atoms with E-state index in [1.54, 1.807) is 12.4 Å². The first-order chi connectivity index (χ1) is 12.9. The largest absolute Gasteiger partial charge is 0.492 e. The van der Waals surface area contributed by atoms with Crippen molar-refractivity contribution in [2.45, 2.75) is 46.1 Å². The fraction of sp³-hybridized carbons (Fsp3) is 0.476. The minimum atomic E-state index is 0.00306. The molecule has 3 N–H and O–H groups in total. The second-order valence-electron chi connectivity index (χ2n) is 8.86. The fourth-order valence-corrected chi connectivity index (χ4v) is 5.33. The van der Waals surface area contributed by atoms with Gasteiger partial charge in [-0.05, 0) is 54.2 Å². The van der Waals surface area contributed by atoms with Crippen molar-refractivity contribution in [3.8, 4) is 5.88 Å². The molecule has 27 heavy (non-hydrogen) atoms. The van der Waals surface area contributed by atoms with Crippen LogP contribution in [0.1, 0.15) is 51.3 Å². The number of allylic oxidation sites excluding steroid dienone is 1. The molecule has 0 radical (unpaired) electrons. The molecule has 3 atom stereocenters. The number of aliphatic imine (C=N–C) groups is 1. The van der Waals surface area contributed by atoms with Gasteiger partial charge in [0.05, 0.1) is 0 Å². The molecule has 3 heterocycles. The minimum Gasteiger partial charge on any atom is -0.492 e. The van der Waals surface area contributed by atoms with E-state index < -0.39 is 0 Å². The van der Waals surface area contributed by atoms with Crippen LogP contribution in [0.3, 0.4) is 0 Å². The number of pyridine rings is 1. The number of aromatic hydroxyl groups is 1. The zero-order valence-electron chi connectivity index (χ0n) is 16.0. The molecule has 140 valence electrons. The Labute approximate surface area is 158 Å². The smallest absolute Gasteiger partial charge is 0.238 e. The van der Waals surface area contributed by atoms with Gasteiger partial charge in [-0.25, -0.2) is 9.98 Å². The van der Waals surface area contributed by atoms with Crippen LogP contribution in [-0.4, -0.2) is 32.3 Å². The van der Waals surface area contributed by atoms with Crippen molar-refractivity contribution < 1.29 is 5.11 Å². The van der Waals surface area contributed by atoms with Crippen LogP contribution in [0.2, 0.25) is 0 Å². The van der Waals surface area contributed by atoms with E-state index in [-0.39, 0.29) is 11.3 Å². The highest BCUT2D eigenvalue weighted by Gasteiger charge is 2.61. The predicted octanol–water partition coefficient (Wildman–Crippen LogP) is 4.39. The van der Waals surface area contributed by atoms with Crippen molar-refractivity contribution in [3.63, 3.8) is 0 Å². The standard InChI is InChI=1S/C21H25N5O/c1-20(2)13-6-7-21(20,3)16(10-13)25-19-24-15(18(27)26-19)9-12-11-23-17-14(12)5-4-8-22-17/h4-5,8-9,11,13,16,27H,6-7,10H2,1-3H3,(H2,24,25,26)/t13-,16-,21-/m1/s1. The summed E-state index contributed by atoms with van der Waals surface area (Å²) in [6.45, 7) is 7.18. The van der Waals surface area contributed by atoms with Gasteiger partial charge in [0.15, 0.2) is 5.82 Å². The fourth-order valence-electron chi connectivity index (χ4n) is 5.33. The Morgan fingerprint density at radius 1 is 1.33 bits per heavy atom. The summed E-state index contributed by atoms with van der Waals surface area (Å²) in [6, 6.07) is 4.24. The van der Waals surface area contributed by atoms with Gasteiger partial charge < -0.3 is 15.4 Å². The van der Waals surface area contributed by atoms with Crippen LogP contribution in [-0.2, 0) is 0 Å². The number of nitrogens with zero attached hydrogens (tertiary/aromatic N) is 3. The summed E-state index contributed by atoms with van der Waals surface area (Å²) in [6.07, 6.45) is 9.09. The van der Waals surface area contributed by atoms with E-state index in [0.717, 1.165) is 23.5 Å². The lowest BCUT2D eigenvalue weighted by Crippen LogP contribution is -2.40. The molecule has 2 aromatic heterocycles. The van der Waals surface area contributed by atoms with Crippen molar-refractivity contribution in [2.75, 3.05) is 5.32 Å². The number of imidazole rings is 1. The molecule has 5 rings (SSSR count). The number of rotatable bonds is 3. The predicted molar refractivity (Wildman–Crippen MR) is 107 cm³/mol. The maximum atomic E-state index is 10.3. The molecule has 6 nitrogen and oxygen atoms in total. The summed E-state index contributed by atoms with van der Waals surface area (Å²) in [4.78, 5) is 16.1. The first-order valence-electron chi connectivity index (χ1n) is 9.65. The summed E-state index contributed by atoms with van der Waals surface area (Å²) >= 11 is 0. The summed E-state index contributed by atoms with van der Waals surface area (Å²) < 4.78 is 0. The molecule has 0 amide bonds. The number of aromatic nitrogens is 3. The van der Waals surface area contributed by atoms with Crippen molar-refractivity contribution in [2.24, 2.45) is 21.7 Å². The number of nitrogens with one attached hydrogen (secondary N) is 2. The van der Waals surface area contributed by atoms with Gasteiger partial charge in [-0.1, -0.05) is 20.8 Å². The maximum absolute atomic E-state index is 10.3. The molecule has 2 aromatic rings. The Morgan fingerprint density at radius 2 is 2.19 bits per heavy atom. The Kier molecular flexibility index (Phi) is 3.33. The van der Waals surface area contributed by atoms with E-state index >= 15 is 0 Å². The number of anilines is 1. The van der Waals surface area contributed by atoms with Gasteiger partial charge >= 0.3 is 0 Å². The summed E-state index contributed by atoms with van der Waals surface area (Å²) in [5.41, 5.74) is 3.05. The Balaban J connectivity index is 1.41. The van der Waals surface area contributed by atoms with E-state index in [0.29, 0.717) is 28.9 Å². The summed E-state index contributed by atoms with van der Waals surface area (Å²) in [5, 5.41) is 13.9. The average molecular weight is 363 g/mol. The molecule has 2 bridgehead atoms. The molecule has 1 aliphatic heterocycles. The van der Waals surface area contributed by atoms with Crippen LogP contribution in [0.25, 0.3) is 11.6 Å². The SMILES string of the molecule is CC1(C)[C@@H]2CC[C@]1(C)[C@H](Nc1nc(O)c(C=C3C=Nc4ncccc43)[nH]1)C2. The van der Waals surface area contributed by atoms with Crippen molar-refractivity contribution in [1.29, 1.82) is 0 Å². The zero-order chi connectivity index (χ0) is 18.8. The van der Waals surface area contributed by atoms with E-state index in [9.17, 15) is 5.11 Å². The maximum Gasteiger partial charge on any atom is 0.238 e.